The molecule has 0 atom stereocenters. The molecular weight excluding hydrogens is 443 g/mol. The molecular formula is C27H21FN6O. The molecule has 5 rings (SSSR count). The smallest absolute Gasteiger partial charge is 0.249 e. The number of nitriles is 1. The van der Waals surface area contributed by atoms with Crippen molar-refractivity contribution in [2.75, 3.05) is 5.32 Å². The van der Waals surface area contributed by atoms with Crippen LogP contribution in [0, 0.1) is 31.0 Å². The molecule has 7 nitrogen and oxygen atoms in total. The second-order valence-corrected chi connectivity index (χ2v) is 8.22. The summed E-state index contributed by atoms with van der Waals surface area (Å²) in [5.74, 6) is 1.04. The third kappa shape index (κ3) is 4.27. The highest BCUT2D eigenvalue weighted by molar-refractivity contribution is 5.83. The molecule has 3 heterocycles. The number of aromatic nitrogens is 4. The number of rotatable bonds is 5. The van der Waals surface area contributed by atoms with Crippen LogP contribution in [0.25, 0.3) is 22.2 Å². The second-order valence-electron chi connectivity index (χ2n) is 8.22. The number of benzene rings is 2. The number of hydrogen-bond acceptors (Lipinski definition) is 6. The minimum atomic E-state index is -0.375. The van der Waals surface area contributed by atoms with Crippen LogP contribution in [0.2, 0.25) is 0 Å². The Bertz CT molecular complexity index is 1580. The van der Waals surface area contributed by atoms with Crippen LogP contribution in [0.4, 0.5) is 16.0 Å². The van der Waals surface area contributed by atoms with E-state index in [9.17, 15) is 4.39 Å². The van der Waals surface area contributed by atoms with Gasteiger partial charge in [0.15, 0.2) is 0 Å². The minimum absolute atomic E-state index is 0.370. The zero-order valence-electron chi connectivity index (χ0n) is 19.4. The molecule has 0 unspecified atom stereocenters. The lowest BCUT2D eigenvalue weighted by Crippen LogP contribution is -2.02. The predicted octanol–water partition coefficient (Wildman–Crippen LogP) is 6.19. The summed E-state index contributed by atoms with van der Waals surface area (Å²) in [7, 11) is 1.90. The molecule has 0 spiro atoms. The van der Waals surface area contributed by atoms with Gasteiger partial charge in [-0.2, -0.15) is 10.2 Å². The SMILES string of the molecule is Cc1cc(-c2ccncc2F)cc(C)c1Oc1nc(Nc2ccc(C#N)cc2)nc2ccn(C)c12. The van der Waals surface area contributed by atoms with Gasteiger partial charge in [0.1, 0.15) is 17.1 Å². The summed E-state index contributed by atoms with van der Waals surface area (Å²) in [6.45, 7) is 3.84. The minimum Gasteiger partial charge on any atom is -0.436 e. The van der Waals surface area contributed by atoms with Gasteiger partial charge in [-0.1, -0.05) is 0 Å². The van der Waals surface area contributed by atoms with Crippen LogP contribution in [0.15, 0.2) is 67.1 Å². The standard InChI is InChI=1S/C27H21FN6O/c1-16-12-19(21-8-10-30-15-22(21)28)13-17(2)25(16)35-26-24-23(9-11-34(24)3)32-27(33-26)31-20-6-4-18(14-29)5-7-20/h4-13,15H,1-3H3,(H,31,32,33). The van der Waals surface area contributed by atoms with Gasteiger partial charge in [0.2, 0.25) is 11.8 Å². The largest absolute Gasteiger partial charge is 0.436 e. The molecule has 0 saturated heterocycles. The molecule has 0 saturated carbocycles. The van der Waals surface area contributed by atoms with Crippen molar-refractivity contribution in [2.24, 2.45) is 7.05 Å². The topological polar surface area (TPSA) is 88.7 Å². The first kappa shape index (κ1) is 22.0. The average molecular weight is 465 g/mol. The molecule has 5 aromatic rings. The number of hydrogen-bond donors (Lipinski definition) is 1. The van der Waals surface area contributed by atoms with Crippen LogP contribution in [-0.4, -0.2) is 19.5 Å². The summed E-state index contributed by atoms with van der Waals surface area (Å²) >= 11 is 0. The van der Waals surface area contributed by atoms with E-state index in [-0.39, 0.29) is 5.82 Å². The van der Waals surface area contributed by atoms with Crippen LogP contribution in [0.5, 0.6) is 11.6 Å². The quantitative estimate of drug-likeness (QED) is 0.333. The van der Waals surface area contributed by atoms with Crippen molar-refractivity contribution in [1.82, 2.24) is 19.5 Å². The molecule has 0 aliphatic carbocycles. The van der Waals surface area contributed by atoms with Crippen molar-refractivity contribution in [1.29, 1.82) is 5.26 Å². The molecule has 35 heavy (non-hydrogen) atoms. The van der Waals surface area contributed by atoms with E-state index < -0.39 is 0 Å². The first-order valence-corrected chi connectivity index (χ1v) is 10.9. The maximum absolute atomic E-state index is 14.3. The van der Waals surface area contributed by atoms with E-state index in [0.717, 1.165) is 33.4 Å². The zero-order valence-corrected chi connectivity index (χ0v) is 19.4. The van der Waals surface area contributed by atoms with E-state index in [1.807, 2.05) is 49.9 Å². The molecule has 0 amide bonds. The van der Waals surface area contributed by atoms with E-state index >= 15 is 0 Å². The third-order valence-electron chi connectivity index (χ3n) is 5.70. The van der Waals surface area contributed by atoms with Crippen LogP contribution >= 0.6 is 0 Å². The van der Waals surface area contributed by atoms with E-state index in [1.165, 1.54) is 6.20 Å². The van der Waals surface area contributed by atoms with Gasteiger partial charge in [0, 0.05) is 30.7 Å². The highest BCUT2D eigenvalue weighted by Crippen LogP contribution is 2.36. The highest BCUT2D eigenvalue weighted by atomic mass is 19.1. The fourth-order valence-electron chi connectivity index (χ4n) is 4.01. The first-order chi connectivity index (χ1) is 16.9. The molecule has 0 aliphatic heterocycles. The van der Waals surface area contributed by atoms with Gasteiger partial charge in [0.05, 0.1) is 23.3 Å². The Morgan fingerprint density at radius 3 is 2.46 bits per heavy atom. The van der Waals surface area contributed by atoms with Gasteiger partial charge in [0.25, 0.3) is 0 Å². The van der Waals surface area contributed by atoms with Crippen molar-refractivity contribution >= 4 is 22.7 Å². The fraction of sp³-hybridized carbons (Fsp3) is 0.111. The Morgan fingerprint density at radius 2 is 1.77 bits per heavy atom. The summed E-state index contributed by atoms with van der Waals surface area (Å²) in [6.07, 6.45) is 4.68. The maximum Gasteiger partial charge on any atom is 0.249 e. The summed E-state index contributed by atoms with van der Waals surface area (Å²) < 4.78 is 22.6. The second kappa shape index (κ2) is 8.88. The zero-order chi connectivity index (χ0) is 24.5. The Balaban J connectivity index is 1.53. The lowest BCUT2D eigenvalue weighted by Gasteiger charge is -2.15. The van der Waals surface area contributed by atoms with Crippen molar-refractivity contribution < 1.29 is 9.13 Å². The number of anilines is 2. The van der Waals surface area contributed by atoms with Gasteiger partial charge in [-0.05, 0) is 79.1 Å². The molecule has 3 aromatic heterocycles. The Kier molecular flexibility index (Phi) is 5.59. The molecule has 0 fully saturated rings. The van der Waals surface area contributed by atoms with Crippen molar-refractivity contribution in [3.8, 4) is 28.8 Å². The van der Waals surface area contributed by atoms with Crippen LogP contribution in [0.1, 0.15) is 16.7 Å². The summed E-state index contributed by atoms with van der Waals surface area (Å²) in [6, 6.07) is 16.5. The Morgan fingerprint density at radius 1 is 1.03 bits per heavy atom. The lowest BCUT2D eigenvalue weighted by molar-refractivity contribution is 0.459. The molecule has 172 valence electrons. The lowest BCUT2D eigenvalue weighted by atomic mass is 10.0. The Hall–Kier alpha value is -4.77. The highest BCUT2D eigenvalue weighted by Gasteiger charge is 2.17. The van der Waals surface area contributed by atoms with Crippen molar-refractivity contribution in [3.63, 3.8) is 0 Å². The van der Waals surface area contributed by atoms with Crippen molar-refractivity contribution in [3.05, 3.63) is 89.6 Å². The predicted molar refractivity (Wildman–Crippen MR) is 132 cm³/mol. The molecule has 8 heteroatoms. The first-order valence-electron chi connectivity index (χ1n) is 10.9. The number of pyridine rings is 1. The number of nitrogens with zero attached hydrogens (tertiary/aromatic N) is 5. The van der Waals surface area contributed by atoms with Crippen LogP contribution < -0.4 is 10.1 Å². The normalized spacial score (nSPS) is 10.8. The van der Waals surface area contributed by atoms with Crippen LogP contribution in [-0.2, 0) is 7.05 Å². The molecule has 0 aliphatic rings. The maximum atomic E-state index is 14.3. The van der Waals surface area contributed by atoms with Gasteiger partial charge in [-0.3, -0.25) is 4.98 Å². The number of aryl methyl sites for hydroxylation is 3. The monoisotopic (exact) mass is 464 g/mol. The average Bonchev–Trinajstić information content (AvgIpc) is 3.22. The number of ether oxygens (including phenoxy) is 1. The van der Waals surface area contributed by atoms with Gasteiger partial charge < -0.3 is 14.6 Å². The van der Waals surface area contributed by atoms with Gasteiger partial charge in [-0.25, -0.2) is 9.37 Å². The molecule has 0 bridgehead atoms. The summed E-state index contributed by atoms with van der Waals surface area (Å²) in [5, 5.41) is 12.2. The summed E-state index contributed by atoms with van der Waals surface area (Å²) in [5.41, 5.74) is 5.72. The number of halogens is 1. The van der Waals surface area contributed by atoms with Gasteiger partial charge >= 0.3 is 0 Å². The molecule has 2 aromatic carbocycles. The van der Waals surface area contributed by atoms with E-state index in [1.54, 1.807) is 36.5 Å². The number of nitrogens with one attached hydrogen (secondary N) is 1. The summed E-state index contributed by atoms with van der Waals surface area (Å²) in [4.78, 5) is 13.1. The fourth-order valence-corrected chi connectivity index (χ4v) is 4.01. The van der Waals surface area contributed by atoms with Crippen molar-refractivity contribution in [2.45, 2.75) is 13.8 Å². The van der Waals surface area contributed by atoms with E-state index in [0.29, 0.717) is 28.7 Å². The third-order valence-corrected chi connectivity index (χ3v) is 5.70. The molecule has 1 N–H and O–H groups in total. The van der Waals surface area contributed by atoms with Crippen LogP contribution in [0.3, 0.4) is 0 Å². The van der Waals surface area contributed by atoms with E-state index in [2.05, 4.69) is 26.3 Å². The number of fused-ring (bicyclic) bond motifs is 1. The molecule has 0 radical (unpaired) electrons. The van der Waals surface area contributed by atoms with Gasteiger partial charge in [-0.15, -0.1) is 0 Å². The van der Waals surface area contributed by atoms with E-state index in [4.69, 9.17) is 10.00 Å². The Labute approximate surface area is 201 Å².